The molecule has 4 aromatic heterocycles. The molecule has 232 valence electrons. The summed E-state index contributed by atoms with van der Waals surface area (Å²) in [6.45, 7) is 26.9. The molecule has 5 rings (SSSR count). The fraction of sp³-hybridized carbons (Fsp3) is 0.556. The van der Waals surface area contributed by atoms with Gasteiger partial charge in [-0.3, -0.25) is 19.9 Å². The van der Waals surface area contributed by atoms with Gasteiger partial charge in [0.1, 0.15) is 0 Å². The molecule has 0 N–H and O–H groups in total. The molecule has 0 unspecified atom stereocenters. The van der Waals surface area contributed by atoms with Crippen LogP contribution in [0.5, 0.6) is 0 Å². The van der Waals surface area contributed by atoms with E-state index in [2.05, 4.69) is 83.1 Å². The molecule has 1 aliphatic heterocycles. The van der Waals surface area contributed by atoms with Crippen molar-refractivity contribution in [2.45, 2.75) is 130 Å². The number of aromatic nitrogens is 6. The smallest absolute Gasteiger partial charge is 0.663 e. The third-order valence-corrected chi connectivity index (χ3v) is 9.93. The molecule has 0 spiro atoms. The first-order valence-corrected chi connectivity index (χ1v) is 15.7. The molecule has 0 atom stereocenters. The third kappa shape index (κ3) is 4.96. The van der Waals surface area contributed by atoms with E-state index in [4.69, 9.17) is 29.9 Å². The number of fused-ring (bicyclic) bond motifs is 8. The van der Waals surface area contributed by atoms with Crippen LogP contribution in [0.4, 0.5) is 0 Å². The zero-order valence-electron chi connectivity index (χ0n) is 28.1. The largest absolute Gasteiger partial charge is 2.00 e. The second-order valence-corrected chi connectivity index (χ2v) is 14.0. The van der Waals surface area contributed by atoms with Crippen LogP contribution in [0.2, 0.25) is 0 Å². The zero-order valence-corrected chi connectivity index (χ0v) is 30.4. The van der Waals surface area contributed by atoms with Crippen molar-refractivity contribution >= 4 is 0 Å². The standard InChI is InChI=1S/C36H48N6.Pt/c1-13-21-22(14-2)30-34(7,8)26-18-38-20-28(40-26)36(11,12)32-24(16-4)23(15-3)31(42-32)35(9,10)27-19-37-17-25(39-27)33(5,6)29(21)41-30;/h17-20H,13-16H2,1-12H3;/q-2;+2. The third-order valence-electron chi connectivity index (χ3n) is 9.93. The van der Waals surface area contributed by atoms with Crippen molar-refractivity contribution in [1.82, 2.24) is 29.9 Å². The first-order valence-electron chi connectivity index (χ1n) is 15.7. The molecular formula is C36H48N6Pt. The number of rotatable bonds is 4. The number of hydrogen-bond donors (Lipinski definition) is 0. The van der Waals surface area contributed by atoms with Crippen LogP contribution in [0.1, 0.15) is 151 Å². The van der Waals surface area contributed by atoms with Crippen LogP contribution in [0, 0.1) is 0 Å². The zero-order chi connectivity index (χ0) is 30.8. The monoisotopic (exact) mass is 759 g/mol. The van der Waals surface area contributed by atoms with Crippen LogP contribution in [0.3, 0.4) is 0 Å². The van der Waals surface area contributed by atoms with Crippen LogP contribution >= 0.6 is 0 Å². The molecule has 0 amide bonds. The van der Waals surface area contributed by atoms with E-state index in [1.54, 1.807) is 0 Å². The summed E-state index contributed by atoms with van der Waals surface area (Å²) in [6, 6.07) is 0. The molecular weight excluding hydrogens is 712 g/mol. The van der Waals surface area contributed by atoms with Gasteiger partial charge in [0.05, 0.1) is 22.8 Å². The molecule has 0 radical (unpaired) electrons. The van der Waals surface area contributed by atoms with Crippen molar-refractivity contribution in [3.05, 3.63) is 92.6 Å². The normalized spacial score (nSPS) is 17.8. The van der Waals surface area contributed by atoms with Gasteiger partial charge in [-0.2, -0.15) is 0 Å². The van der Waals surface area contributed by atoms with Crippen molar-refractivity contribution < 1.29 is 21.1 Å². The van der Waals surface area contributed by atoms with E-state index >= 15 is 0 Å². The predicted molar refractivity (Wildman–Crippen MR) is 170 cm³/mol. The fourth-order valence-electron chi connectivity index (χ4n) is 7.08. The van der Waals surface area contributed by atoms with Gasteiger partial charge in [0.15, 0.2) is 0 Å². The maximum atomic E-state index is 5.49. The van der Waals surface area contributed by atoms with Gasteiger partial charge in [0.2, 0.25) is 0 Å². The van der Waals surface area contributed by atoms with Crippen LogP contribution in [0.15, 0.2) is 24.8 Å². The summed E-state index contributed by atoms with van der Waals surface area (Å²) in [7, 11) is 0. The Morgan fingerprint density at radius 1 is 0.442 bits per heavy atom. The molecule has 7 heteroatoms. The fourth-order valence-corrected chi connectivity index (χ4v) is 7.08. The Bertz CT molecular complexity index is 1410. The van der Waals surface area contributed by atoms with Crippen molar-refractivity contribution in [1.29, 1.82) is 0 Å². The van der Waals surface area contributed by atoms with Gasteiger partial charge in [-0.05, 0) is 25.7 Å². The van der Waals surface area contributed by atoms with E-state index in [-0.39, 0.29) is 21.1 Å². The first kappa shape index (κ1) is 33.3. The van der Waals surface area contributed by atoms with Gasteiger partial charge in [-0.1, -0.05) is 105 Å². The van der Waals surface area contributed by atoms with Gasteiger partial charge < -0.3 is 9.97 Å². The SMILES string of the molecule is CCc1c2[n-]c(c1CC)C(C)(C)c1cncc(n1)C(C)(C)c1[n-]c(c(CC)c1CC)C(C)(C)c1cncc(n1)C2(C)C.[Pt+2]. The maximum absolute atomic E-state index is 5.49. The van der Waals surface area contributed by atoms with E-state index in [9.17, 15) is 0 Å². The van der Waals surface area contributed by atoms with Gasteiger partial charge >= 0.3 is 21.1 Å². The Kier molecular flexibility index (Phi) is 8.83. The Morgan fingerprint density at radius 2 is 0.651 bits per heavy atom. The van der Waals surface area contributed by atoms with E-state index in [0.29, 0.717) is 0 Å². The van der Waals surface area contributed by atoms with E-state index in [1.807, 2.05) is 24.8 Å². The summed E-state index contributed by atoms with van der Waals surface area (Å²) >= 11 is 0. The molecule has 1 aliphatic rings. The molecule has 6 nitrogen and oxygen atoms in total. The van der Waals surface area contributed by atoms with E-state index in [0.717, 1.165) is 71.2 Å². The summed E-state index contributed by atoms with van der Waals surface area (Å²) < 4.78 is 0. The van der Waals surface area contributed by atoms with Crippen molar-refractivity contribution in [3.63, 3.8) is 0 Å². The molecule has 4 aromatic rings. The van der Waals surface area contributed by atoms with Crippen LogP contribution < -0.4 is 9.97 Å². The van der Waals surface area contributed by atoms with Gasteiger partial charge in [-0.25, -0.2) is 0 Å². The summed E-state index contributed by atoms with van der Waals surface area (Å²) in [5, 5.41) is 0. The van der Waals surface area contributed by atoms with E-state index in [1.165, 1.54) is 22.3 Å². The molecule has 5 heterocycles. The molecule has 0 aromatic carbocycles. The first-order chi connectivity index (χ1) is 19.7. The number of nitrogens with zero attached hydrogens (tertiary/aromatic N) is 6. The average Bonchev–Trinajstić information content (AvgIpc) is 3.57. The molecule has 0 fully saturated rings. The van der Waals surface area contributed by atoms with Gasteiger partial charge in [-0.15, -0.1) is 22.8 Å². The van der Waals surface area contributed by atoms with Crippen LogP contribution in [0.25, 0.3) is 0 Å². The van der Waals surface area contributed by atoms with Crippen molar-refractivity contribution in [3.8, 4) is 0 Å². The summed E-state index contributed by atoms with van der Waals surface area (Å²) in [5.41, 5.74) is 11.6. The molecule has 8 bridgehead atoms. The van der Waals surface area contributed by atoms with Gasteiger partial charge in [0.25, 0.3) is 0 Å². The summed E-state index contributed by atoms with van der Waals surface area (Å²) in [5.74, 6) is 0. The minimum Gasteiger partial charge on any atom is -0.663 e. The predicted octanol–water partition coefficient (Wildman–Crippen LogP) is 7.05. The van der Waals surface area contributed by atoms with Crippen molar-refractivity contribution in [2.24, 2.45) is 0 Å². The minimum atomic E-state index is -0.442. The molecule has 0 aliphatic carbocycles. The van der Waals surface area contributed by atoms with Gasteiger partial charge in [0, 0.05) is 46.4 Å². The summed E-state index contributed by atoms with van der Waals surface area (Å²) in [4.78, 5) is 31.3. The molecule has 0 saturated heterocycles. The maximum Gasteiger partial charge on any atom is 2.00 e. The van der Waals surface area contributed by atoms with E-state index < -0.39 is 21.7 Å². The number of hydrogen-bond acceptors (Lipinski definition) is 4. The molecule has 0 saturated carbocycles. The summed E-state index contributed by atoms with van der Waals surface area (Å²) in [6.07, 6.45) is 11.3. The Balaban J connectivity index is 0.00000423. The quantitative estimate of drug-likeness (QED) is 0.222. The molecule has 43 heavy (non-hydrogen) atoms. The Labute approximate surface area is 273 Å². The average molecular weight is 760 g/mol. The Morgan fingerprint density at radius 3 is 0.837 bits per heavy atom. The Hall–Kier alpha value is -2.59. The minimum absolute atomic E-state index is 0. The van der Waals surface area contributed by atoms with Crippen LogP contribution in [-0.2, 0) is 68.4 Å². The topological polar surface area (TPSA) is 79.8 Å². The second kappa shape index (κ2) is 11.4. The van der Waals surface area contributed by atoms with Crippen LogP contribution in [-0.4, -0.2) is 19.9 Å². The van der Waals surface area contributed by atoms with Crippen molar-refractivity contribution in [2.75, 3.05) is 0 Å². The second-order valence-electron chi connectivity index (χ2n) is 14.0.